The van der Waals surface area contributed by atoms with E-state index in [-0.39, 0.29) is 17.5 Å². The molecule has 7 heteroatoms. The first-order valence-electron chi connectivity index (χ1n) is 9.73. The first-order valence-corrected chi connectivity index (χ1v) is 9.73. The van der Waals surface area contributed by atoms with E-state index in [1.807, 2.05) is 26.0 Å². The summed E-state index contributed by atoms with van der Waals surface area (Å²) < 4.78 is 5.86. The third kappa shape index (κ3) is 3.72. The molecule has 2 aromatic heterocycles. The lowest BCUT2D eigenvalue weighted by atomic mass is 9.82. The Labute approximate surface area is 170 Å². The van der Waals surface area contributed by atoms with Crippen molar-refractivity contribution in [2.45, 2.75) is 39.2 Å². The minimum absolute atomic E-state index is 0.0597. The van der Waals surface area contributed by atoms with Crippen LogP contribution in [-0.2, 0) is 5.41 Å². The van der Waals surface area contributed by atoms with Gasteiger partial charge in [0.2, 0.25) is 11.8 Å². The van der Waals surface area contributed by atoms with Gasteiger partial charge in [-0.1, -0.05) is 23.8 Å². The molecule has 4 rings (SSSR count). The number of aromatic nitrogens is 3. The van der Waals surface area contributed by atoms with Gasteiger partial charge in [-0.3, -0.25) is 4.98 Å². The van der Waals surface area contributed by atoms with E-state index in [4.69, 9.17) is 4.42 Å². The number of amides is 2. The molecule has 1 atom stereocenters. The number of benzene rings is 1. The predicted molar refractivity (Wildman–Crippen MR) is 109 cm³/mol. The summed E-state index contributed by atoms with van der Waals surface area (Å²) in [5.74, 6) is 0.989. The molecule has 2 amide bonds. The van der Waals surface area contributed by atoms with Gasteiger partial charge in [-0.2, -0.15) is 0 Å². The van der Waals surface area contributed by atoms with Crippen molar-refractivity contribution >= 4 is 6.03 Å². The summed E-state index contributed by atoms with van der Waals surface area (Å²) in [5, 5.41) is 11.4. The van der Waals surface area contributed by atoms with Crippen LogP contribution in [0.1, 0.15) is 42.5 Å². The van der Waals surface area contributed by atoms with Gasteiger partial charge >= 0.3 is 6.03 Å². The Morgan fingerprint density at radius 2 is 2.03 bits per heavy atom. The Kier molecular flexibility index (Phi) is 4.82. The molecular formula is C22H25N5O2. The Hall–Kier alpha value is -3.22. The van der Waals surface area contributed by atoms with E-state index < -0.39 is 0 Å². The van der Waals surface area contributed by atoms with Crippen molar-refractivity contribution in [3.8, 4) is 11.5 Å². The average Bonchev–Trinajstić information content (AvgIpc) is 3.16. The first kappa shape index (κ1) is 19.1. The van der Waals surface area contributed by atoms with E-state index in [1.165, 1.54) is 11.1 Å². The lowest BCUT2D eigenvalue weighted by Gasteiger charge is -2.45. The minimum atomic E-state index is -0.339. The maximum atomic E-state index is 12.7. The minimum Gasteiger partial charge on any atom is -0.420 e. The van der Waals surface area contributed by atoms with Gasteiger partial charge in [-0.05, 0) is 51.0 Å². The molecule has 1 aliphatic heterocycles. The largest absolute Gasteiger partial charge is 0.420 e. The molecule has 0 saturated carbocycles. The van der Waals surface area contributed by atoms with Crippen molar-refractivity contribution in [2.75, 3.05) is 13.1 Å². The molecule has 3 aromatic rings. The van der Waals surface area contributed by atoms with Crippen molar-refractivity contribution in [2.24, 2.45) is 0 Å². The van der Waals surface area contributed by atoms with Crippen molar-refractivity contribution in [1.82, 2.24) is 25.4 Å². The molecule has 0 spiro atoms. The first-order chi connectivity index (χ1) is 13.9. The number of rotatable bonds is 4. The second-order valence-corrected chi connectivity index (χ2v) is 8.10. The number of hydrogen-bond acceptors (Lipinski definition) is 5. The van der Waals surface area contributed by atoms with E-state index in [1.54, 1.807) is 17.3 Å². The van der Waals surface area contributed by atoms with Crippen molar-refractivity contribution < 1.29 is 9.21 Å². The summed E-state index contributed by atoms with van der Waals surface area (Å²) in [5.41, 5.74) is 3.97. The molecule has 3 heterocycles. The highest BCUT2D eigenvalue weighted by molar-refractivity contribution is 5.76. The predicted octanol–water partition coefficient (Wildman–Crippen LogP) is 3.79. The van der Waals surface area contributed by atoms with Gasteiger partial charge in [0.25, 0.3) is 0 Å². The van der Waals surface area contributed by atoms with Gasteiger partial charge in [-0.25, -0.2) is 4.79 Å². The van der Waals surface area contributed by atoms with Crippen LogP contribution in [0.4, 0.5) is 4.79 Å². The van der Waals surface area contributed by atoms with Crippen LogP contribution in [0, 0.1) is 13.8 Å². The second-order valence-electron chi connectivity index (χ2n) is 8.10. The number of aryl methyl sites for hydroxylation is 2. The topological polar surface area (TPSA) is 84.2 Å². The van der Waals surface area contributed by atoms with Crippen LogP contribution in [-0.4, -0.2) is 39.2 Å². The van der Waals surface area contributed by atoms with E-state index in [0.717, 1.165) is 11.1 Å². The summed E-state index contributed by atoms with van der Waals surface area (Å²) in [7, 11) is 0. The molecule has 0 radical (unpaired) electrons. The second kappa shape index (κ2) is 7.31. The van der Waals surface area contributed by atoms with E-state index in [9.17, 15) is 4.79 Å². The zero-order valence-corrected chi connectivity index (χ0v) is 17.1. The smallest absolute Gasteiger partial charge is 0.317 e. The summed E-state index contributed by atoms with van der Waals surface area (Å²) in [6.45, 7) is 9.25. The summed E-state index contributed by atoms with van der Waals surface area (Å²) >= 11 is 0. The number of nitrogens with zero attached hydrogens (tertiary/aromatic N) is 4. The SMILES string of the molecule is Cc1ccc(C(C)NC(=O)N2CC(C)(c3nnc(-c4cccnc4)o3)C2)c(C)c1. The zero-order valence-electron chi connectivity index (χ0n) is 17.1. The molecule has 7 nitrogen and oxygen atoms in total. The summed E-state index contributed by atoms with van der Waals surface area (Å²) in [4.78, 5) is 18.5. The summed E-state index contributed by atoms with van der Waals surface area (Å²) in [6.07, 6.45) is 3.39. The number of carbonyl (C=O) groups excluding carboxylic acids is 1. The fraction of sp³-hybridized carbons (Fsp3) is 0.364. The normalized spacial score (nSPS) is 16.2. The van der Waals surface area contributed by atoms with Crippen LogP contribution >= 0.6 is 0 Å². The number of likely N-dealkylation sites (tertiary alicyclic amines) is 1. The maximum absolute atomic E-state index is 12.7. The molecule has 1 N–H and O–H groups in total. The van der Waals surface area contributed by atoms with Crippen LogP contribution in [0.25, 0.3) is 11.5 Å². The van der Waals surface area contributed by atoms with Crippen molar-refractivity contribution in [1.29, 1.82) is 0 Å². The molecule has 150 valence electrons. The molecular weight excluding hydrogens is 366 g/mol. The maximum Gasteiger partial charge on any atom is 0.317 e. The molecule has 1 fully saturated rings. The van der Waals surface area contributed by atoms with Gasteiger partial charge < -0.3 is 14.6 Å². The molecule has 1 saturated heterocycles. The van der Waals surface area contributed by atoms with Gasteiger partial charge in [-0.15, -0.1) is 10.2 Å². The van der Waals surface area contributed by atoms with Gasteiger partial charge in [0.05, 0.1) is 17.0 Å². The van der Waals surface area contributed by atoms with Crippen molar-refractivity contribution in [3.05, 3.63) is 65.3 Å². The monoisotopic (exact) mass is 391 g/mol. The fourth-order valence-corrected chi connectivity index (χ4v) is 3.81. The number of urea groups is 1. The lowest BCUT2D eigenvalue weighted by Crippen LogP contribution is -2.62. The van der Waals surface area contributed by atoms with Crippen LogP contribution < -0.4 is 5.32 Å². The third-order valence-corrected chi connectivity index (χ3v) is 5.45. The standard InChI is InChI=1S/C22H25N5O2/c1-14-7-8-18(15(2)10-14)16(3)24-21(28)27-12-22(4,13-27)20-26-25-19(29-20)17-6-5-9-23-11-17/h5-11,16H,12-13H2,1-4H3,(H,24,28). The Morgan fingerprint density at radius 3 is 2.72 bits per heavy atom. The number of nitrogens with one attached hydrogen (secondary N) is 1. The highest BCUT2D eigenvalue weighted by Crippen LogP contribution is 2.34. The molecule has 1 aromatic carbocycles. The van der Waals surface area contributed by atoms with Crippen LogP contribution in [0.5, 0.6) is 0 Å². The molecule has 29 heavy (non-hydrogen) atoms. The third-order valence-electron chi connectivity index (χ3n) is 5.45. The van der Waals surface area contributed by atoms with Crippen molar-refractivity contribution in [3.63, 3.8) is 0 Å². The fourth-order valence-electron chi connectivity index (χ4n) is 3.81. The van der Waals surface area contributed by atoms with Crippen LogP contribution in [0.15, 0.2) is 47.1 Å². The van der Waals surface area contributed by atoms with E-state index >= 15 is 0 Å². The number of carbonyl (C=O) groups is 1. The summed E-state index contributed by atoms with van der Waals surface area (Å²) in [6, 6.07) is 9.84. The average molecular weight is 391 g/mol. The number of pyridine rings is 1. The lowest BCUT2D eigenvalue weighted by molar-refractivity contribution is 0.0836. The zero-order chi connectivity index (χ0) is 20.6. The van der Waals surface area contributed by atoms with E-state index in [2.05, 4.69) is 52.5 Å². The van der Waals surface area contributed by atoms with Gasteiger partial charge in [0.15, 0.2) is 0 Å². The highest BCUT2D eigenvalue weighted by Gasteiger charge is 2.47. The van der Waals surface area contributed by atoms with E-state index in [0.29, 0.717) is 24.9 Å². The molecule has 1 unspecified atom stereocenters. The Balaban J connectivity index is 1.38. The van der Waals surface area contributed by atoms with Gasteiger partial charge in [0.1, 0.15) is 0 Å². The van der Waals surface area contributed by atoms with Crippen LogP contribution in [0.2, 0.25) is 0 Å². The Morgan fingerprint density at radius 1 is 1.24 bits per heavy atom. The highest BCUT2D eigenvalue weighted by atomic mass is 16.4. The van der Waals surface area contributed by atoms with Crippen LogP contribution in [0.3, 0.4) is 0 Å². The quantitative estimate of drug-likeness (QED) is 0.731. The Bertz CT molecular complexity index is 1020. The molecule has 0 bridgehead atoms. The van der Waals surface area contributed by atoms with Gasteiger partial charge in [0, 0.05) is 25.5 Å². The number of hydrogen-bond donors (Lipinski definition) is 1. The molecule has 1 aliphatic rings. The molecule has 0 aliphatic carbocycles.